The predicted octanol–water partition coefficient (Wildman–Crippen LogP) is 2.92. The van der Waals surface area contributed by atoms with E-state index in [1.165, 1.54) is 23.1 Å². The number of rotatable bonds is 2. The molecule has 3 rings (SSSR count). The molecule has 0 atom stereocenters. The van der Waals surface area contributed by atoms with E-state index in [2.05, 4.69) is 5.32 Å². The van der Waals surface area contributed by atoms with Crippen molar-refractivity contribution in [3.63, 3.8) is 0 Å². The van der Waals surface area contributed by atoms with Crippen LogP contribution in [-0.4, -0.2) is 27.8 Å². The summed E-state index contributed by atoms with van der Waals surface area (Å²) in [5, 5.41) is 32.8. The predicted molar refractivity (Wildman–Crippen MR) is 83.1 cm³/mol. The number of carbonyl (C=O) groups is 1. The van der Waals surface area contributed by atoms with E-state index in [0.717, 1.165) is 0 Å². The van der Waals surface area contributed by atoms with Gasteiger partial charge in [-0.05, 0) is 18.6 Å². The molecule has 1 amide bonds. The number of aromatic hydroxyl groups is 3. The first-order valence-corrected chi connectivity index (χ1v) is 6.99. The molecule has 0 saturated heterocycles. The zero-order valence-electron chi connectivity index (χ0n) is 12.0. The first-order chi connectivity index (χ1) is 10.5. The van der Waals surface area contributed by atoms with Crippen molar-refractivity contribution in [2.45, 2.75) is 13.3 Å². The van der Waals surface area contributed by atoms with Crippen LogP contribution in [0.2, 0.25) is 0 Å². The van der Waals surface area contributed by atoms with E-state index < -0.39 is 0 Å². The topological polar surface area (TPSA) is 93.0 Å². The lowest BCUT2D eigenvalue weighted by molar-refractivity contribution is 0.0988. The molecule has 6 nitrogen and oxygen atoms in total. The maximum Gasteiger partial charge on any atom is 0.260 e. The zero-order chi connectivity index (χ0) is 15.9. The number of nitrogens with one attached hydrogen (secondary N) is 1. The third kappa shape index (κ3) is 2.09. The van der Waals surface area contributed by atoms with Crippen molar-refractivity contribution >= 4 is 23.0 Å². The summed E-state index contributed by atoms with van der Waals surface area (Å²) < 4.78 is 0. The van der Waals surface area contributed by atoms with Crippen molar-refractivity contribution < 1.29 is 20.1 Å². The smallest absolute Gasteiger partial charge is 0.260 e. The van der Waals surface area contributed by atoms with Gasteiger partial charge in [-0.3, -0.25) is 4.79 Å². The summed E-state index contributed by atoms with van der Waals surface area (Å²) in [5.74, 6) is -0.714. The fraction of sp³-hybridized carbons (Fsp3) is 0.188. The van der Waals surface area contributed by atoms with Gasteiger partial charge in [0.05, 0.1) is 16.9 Å². The van der Waals surface area contributed by atoms with Crippen LogP contribution in [0.3, 0.4) is 0 Å². The summed E-state index contributed by atoms with van der Waals surface area (Å²) in [6.07, 6.45) is 0.704. The molecule has 6 heteroatoms. The highest BCUT2D eigenvalue weighted by atomic mass is 16.3. The quantitative estimate of drug-likeness (QED) is 0.505. The minimum absolute atomic E-state index is 0.0809. The summed E-state index contributed by atoms with van der Waals surface area (Å²) >= 11 is 0. The number of benzene rings is 2. The van der Waals surface area contributed by atoms with Crippen molar-refractivity contribution in [1.29, 1.82) is 0 Å². The number of carbonyl (C=O) groups excluding carboxylic acids is 1. The molecule has 0 spiro atoms. The zero-order valence-corrected chi connectivity index (χ0v) is 12.0. The second kappa shape index (κ2) is 5.14. The minimum Gasteiger partial charge on any atom is -0.508 e. The molecule has 0 unspecified atom stereocenters. The van der Waals surface area contributed by atoms with Gasteiger partial charge in [0, 0.05) is 18.7 Å². The summed E-state index contributed by atoms with van der Waals surface area (Å²) in [7, 11) is 0. The van der Waals surface area contributed by atoms with E-state index in [-0.39, 0.29) is 34.5 Å². The molecule has 2 aromatic carbocycles. The van der Waals surface area contributed by atoms with Gasteiger partial charge in [0.15, 0.2) is 0 Å². The second-order valence-electron chi connectivity index (χ2n) is 5.14. The summed E-state index contributed by atoms with van der Waals surface area (Å²) in [4.78, 5) is 14.3. The van der Waals surface area contributed by atoms with Gasteiger partial charge in [0.1, 0.15) is 22.9 Å². The van der Waals surface area contributed by atoms with E-state index in [1.54, 1.807) is 12.1 Å². The minimum atomic E-state index is -0.302. The average Bonchev–Trinajstić information content (AvgIpc) is 2.58. The highest BCUT2D eigenvalue weighted by Crippen LogP contribution is 2.45. The van der Waals surface area contributed by atoms with Crippen molar-refractivity contribution in [1.82, 2.24) is 0 Å². The number of fused-ring (bicyclic) bond motifs is 2. The van der Waals surface area contributed by atoms with E-state index in [0.29, 0.717) is 24.2 Å². The van der Waals surface area contributed by atoms with E-state index in [9.17, 15) is 20.1 Å². The highest BCUT2D eigenvalue weighted by molar-refractivity contribution is 6.15. The molecule has 0 aliphatic carbocycles. The van der Waals surface area contributed by atoms with Gasteiger partial charge in [0.25, 0.3) is 5.91 Å². The van der Waals surface area contributed by atoms with Crippen molar-refractivity contribution in [3.05, 3.63) is 35.9 Å². The summed E-state index contributed by atoms with van der Waals surface area (Å²) in [5.41, 5.74) is 1.21. The summed E-state index contributed by atoms with van der Waals surface area (Å²) in [6, 6.07) is 7.26. The maximum atomic E-state index is 12.8. The van der Waals surface area contributed by atoms with E-state index in [4.69, 9.17) is 0 Å². The molecule has 0 fully saturated rings. The Bertz CT molecular complexity index is 758. The molecular weight excluding hydrogens is 284 g/mol. The third-order valence-electron chi connectivity index (χ3n) is 3.59. The van der Waals surface area contributed by atoms with Gasteiger partial charge >= 0.3 is 0 Å². The van der Waals surface area contributed by atoms with Crippen molar-refractivity contribution in [2.75, 3.05) is 16.8 Å². The lowest BCUT2D eigenvalue weighted by Gasteiger charge is -2.22. The largest absolute Gasteiger partial charge is 0.508 e. The Morgan fingerprint density at radius 3 is 2.59 bits per heavy atom. The molecule has 0 bridgehead atoms. The number of hydrogen-bond acceptors (Lipinski definition) is 5. The number of phenols is 3. The lowest BCUT2D eigenvalue weighted by Crippen LogP contribution is -2.31. The van der Waals surface area contributed by atoms with E-state index >= 15 is 0 Å². The van der Waals surface area contributed by atoms with Crippen LogP contribution in [0.4, 0.5) is 17.1 Å². The number of nitrogens with zero attached hydrogens (tertiary/aromatic N) is 1. The van der Waals surface area contributed by atoms with Gasteiger partial charge in [-0.2, -0.15) is 0 Å². The molecule has 4 N–H and O–H groups in total. The second-order valence-corrected chi connectivity index (χ2v) is 5.14. The molecule has 1 heterocycles. The third-order valence-corrected chi connectivity index (χ3v) is 3.59. The van der Waals surface area contributed by atoms with Crippen LogP contribution >= 0.6 is 0 Å². The maximum absolute atomic E-state index is 12.8. The molecule has 0 aromatic heterocycles. The number of hydrogen-bond donors (Lipinski definition) is 4. The molecular formula is C16H16N2O4. The molecule has 22 heavy (non-hydrogen) atoms. The van der Waals surface area contributed by atoms with Crippen molar-refractivity contribution in [3.8, 4) is 17.2 Å². The van der Waals surface area contributed by atoms with Gasteiger partial charge in [-0.25, -0.2) is 0 Å². The van der Waals surface area contributed by atoms with Gasteiger partial charge in [0.2, 0.25) is 0 Å². The molecule has 0 saturated carbocycles. The van der Waals surface area contributed by atoms with Crippen LogP contribution in [0, 0.1) is 0 Å². The first kappa shape index (κ1) is 14.1. The lowest BCUT2D eigenvalue weighted by atomic mass is 10.1. The van der Waals surface area contributed by atoms with Crippen LogP contribution in [0.15, 0.2) is 30.3 Å². The monoisotopic (exact) mass is 300 g/mol. The van der Waals surface area contributed by atoms with Gasteiger partial charge < -0.3 is 25.5 Å². The molecule has 2 aromatic rings. The molecule has 114 valence electrons. The Morgan fingerprint density at radius 2 is 1.86 bits per heavy atom. The van der Waals surface area contributed by atoms with Gasteiger partial charge in [-0.15, -0.1) is 0 Å². The van der Waals surface area contributed by atoms with E-state index in [1.807, 2.05) is 6.92 Å². The number of amides is 1. The number of phenolic OH excluding ortho intramolecular Hbond substituents is 3. The van der Waals surface area contributed by atoms with Crippen LogP contribution < -0.4 is 10.2 Å². The molecule has 0 radical (unpaired) electrons. The number of anilines is 3. The van der Waals surface area contributed by atoms with Crippen LogP contribution in [0.5, 0.6) is 17.2 Å². The Labute approximate surface area is 127 Å². The van der Waals surface area contributed by atoms with Crippen LogP contribution in [0.1, 0.15) is 23.7 Å². The van der Waals surface area contributed by atoms with Crippen molar-refractivity contribution in [2.24, 2.45) is 0 Å². The van der Waals surface area contributed by atoms with Gasteiger partial charge in [-0.1, -0.05) is 13.0 Å². The Kier molecular flexibility index (Phi) is 3.29. The van der Waals surface area contributed by atoms with Crippen LogP contribution in [0.25, 0.3) is 0 Å². The standard InChI is InChI=1S/C16H16N2O4/c1-2-6-18-11-7-9(19)8-13(21)15(11)17-14-10(16(18)22)4-3-5-12(14)20/h3-5,7-8,17,19-21H,2,6H2,1H3. The SMILES string of the molecule is CCCN1C(=O)c2cccc(O)c2Nc2c(O)cc(O)cc21. The Balaban J connectivity index is 2.29. The fourth-order valence-corrected chi connectivity index (χ4v) is 2.61. The number of para-hydroxylation sites is 1. The Morgan fingerprint density at radius 1 is 1.09 bits per heavy atom. The van der Waals surface area contributed by atoms with Crippen LogP contribution in [-0.2, 0) is 0 Å². The fourth-order valence-electron chi connectivity index (χ4n) is 2.61. The molecule has 1 aliphatic rings. The normalized spacial score (nSPS) is 13.1. The molecule has 1 aliphatic heterocycles. The summed E-state index contributed by atoms with van der Waals surface area (Å²) in [6.45, 7) is 2.35. The average molecular weight is 300 g/mol. The Hall–Kier alpha value is -2.89. The first-order valence-electron chi connectivity index (χ1n) is 6.99. The highest BCUT2D eigenvalue weighted by Gasteiger charge is 2.29.